The molecular formula is C15H28N2O. The third kappa shape index (κ3) is 2.87. The molecule has 2 rings (SSSR count). The Bertz CT molecular complexity index is 292. The fourth-order valence-corrected chi connectivity index (χ4v) is 3.69. The Balaban J connectivity index is 1.90. The topological polar surface area (TPSA) is 55.1 Å². The molecule has 104 valence electrons. The van der Waals surface area contributed by atoms with E-state index in [1.165, 1.54) is 19.3 Å². The van der Waals surface area contributed by atoms with Crippen molar-refractivity contribution in [2.75, 3.05) is 6.54 Å². The summed E-state index contributed by atoms with van der Waals surface area (Å²) < 4.78 is 0. The quantitative estimate of drug-likeness (QED) is 0.810. The fraction of sp³-hybridized carbons (Fsp3) is 0.933. The highest BCUT2D eigenvalue weighted by molar-refractivity contribution is 5.79. The van der Waals surface area contributed by atoms with Gasteiger partial charge in [-0.15, -0.1) is 0 Å². The minimum Gasteiger partial charge on any atom is -0.353 e. The van der Waals surface area contributed by atoms with Crippen LogP contribution in [0.4, 0.5) is 0 Å². The summed E-state index contributed by atoms with van der Waals surface area (Å²) in [7, 11) is 0. The highest BCUT2D eigenvalue weighted by Crippen LogP contribution is 2.33. The van der Waals surface area contributed by atoms with Gasteiger partial charge >= 0.3 is 0 Å². The summed E-state index contributed by atoms with van der Waals surface area (Å²) in [5.74, 6) is 2.22. The van der Waals surface area contributed by atoms with E-state index in [2.05, 4.69) is 19.2 Å². The number of carbonyl (C=O) groups is 1. The van der Waals surface area contributed by atoms with Crippen LogP contribution in [0, 0.1) is 23.7 Å². The molecule has 0 aromatic carbocycles. The average Bonchev–Trinajstić information content (AvgIpc) is 2.70. The molecule has 1 amide bonds. The Kier molecular flexibility index (Phi) is 4.66. The van der Waals surface area contributed by atoms with E-state index >= 15 is 0 Å². The van der Waals surface area contributed by atoms with Gasteiger partial charge in [0, 0.05) is 12.0 Å². The molecule has 3 nitrogen and oxygen atoms in total. The third-order valence-electron chi connectivity index (χ3n) is 5.34. The molecule has 18 heavy (non-hydrogen) atoms. The molecule has 0 aromatic rings. The SMILES string of the molecule is CC1CCC(NC(=O)C2CCCCC2CN)C1C. The molecule has 2 aliphatic carbocycles. The van der Waals surface area contributed by atoms with Crippen LogP contribution in [-0.2, 0) is 4.79 Å². The highest BCUT2D eigenvalue weighted by atomic mass is 16.2. The van der Waals surface area contributed by atoms with Crippen LogP contribution in [0.15, 0.2) is 0 Å². The molecule has 0 radical (unpaired) electrons. The maximum absolute atomic E-state index is 12.4. The van der Waals surface area contributed by atoms with Crippen LogP contribution in [0.2, 0.25) is 0 Å². The minimum atomic E-state index is 0.173. The van der Waals surface area contributed by atoms with Gasteiger partial charge in [0.2, 0.25) is 5.91 Å². The first-order valence-electron chi connectivity index (χ1n) is 7.64. The van der Waals surface area contributed by atoms with E-state index in [-0.39, 0.29) is 11.8 Å². The Morgan fingerprint density at radius 1 is 1.17 bits per heavy atom. The van der Waals surface area contributed by atoms with Gasteiger partial charge in [0.25, 0.3) is 0 Å². The molecule has 0 heterocycles. The molecule has 5 atom stereocenters. The van der Waals surface area contributed by atoms with Gasteiger partial charge in [0.1, 0.15) is 0 Å². The molecule has 2 saturated carbocycles. The van der Waals surface area contributed by atoms with Crippen molar-refractivity contribution in [2.24, 2.45) is 29.4 Å². The molecule has 0 bridgehead atoms. The standard InChI is InChI=1S/C15H28N2O/c1-10-7-8-14(11(10)2)17-15(18)13-6-4-3-5-12(13)9-16/h10-14H,3-9,16H2,1-2H3,(H,17,18). The van der Waals surface area contributed by atoms with Crippen molar-refractivity contribution in [1.82, 2.24) is 5.32 Å². The van der Waals surface area contributed by atoms with E-state index in [9.17, 15) is 4.79 Å². The van der Waals surface area contributed by atoms with Crippen LogP contribution in [0.3, 0.4) is 0 Å². The monoisotopic (exact) mass is 252 g/mol. The van der Waals surface area contributed by atoms with Gasteiger partial charge in [-0.25, -0.2) is 0 Å². The van der Waals surface area contributed by atoms with E-state index in [1.54, 1.807) is 0 Å². The number of hydrogen-bond donors (Lipinski definition) is 2. The molecule has 0 spiro atoms. The molecule has 2 aliphatic rings. The maximum atomic E-state index is 12.4. The summed E-state index contributed by atoms with van der Waals surface area (Å²) in [6.45, 7) is 5.22. The first-order chi connectivity index (χ1) is 8.63. The molecule has 0 aliphatic heterocycles. The highest BCUT2D eigenvalue weighted by Gasteiger charge is 2.35. The zero-order valence-electron chi connectivity index (χ0n) is 11.8. The van der Waals surface area contributed by atoms with Crippen molar-refractivity contribution in [2.45, 2.75) is 58.4 Å². The summed E-state index contributed by atoms with van der Waals surface area (Å²) in [5, 5.41) is 3.30. The number of nitrogens with two attached hydrogens (primary N) is 1. The zero-order chi connectivity index (χ0) is 13.1. The van der Waals surface area contributed by atoms with Crippen LogP contribution in [0.1, 0.15) is 52.4 Å². The van der Waals surface area contributed by atoms with Gasteiger partial charge < -0.3 is 11.1 Å². The second-order valence-corrected chi connectivity index (χ2v) is 6.42. The van der Waals surface area contributed by atoms with Crippen LogP contribution in [0.25, 0.3) is 0 Å². The van der Waals surface area contributed by atoms with Gasteiger partial charge in [-0.3, -0.25) is 4.79 Å². The van der Waals surface area contributed by atoms with E-state index in [1.807, 2.05) is 0 Å². The Morgan fingerprint density at radius 2 is 1.89 bits per heavy atom. The van der Waals surface area contributed by atoms with Crippen molar-refractivity contribution in [1.29, 1.82) is 0 Å². The summed E-state index contributed by atoms with van der Waals surface area (Å²) in [5.41, 5.74) is 5.81. The average molecular weight is 252 g/mol. The van der Waals surface area contributed by atoms with Crippen LogP contribution < -0.4 is 11.1 Å². The molecule has 2 fully saturated rings. The lowest BCUT2D eigenvalue weighted by Crippen LogP contribution is -2.45. The number of amides is 1. The van der Waals surface area contributed by atoms with E-state index in [0.29, 0.717) is 24.4 Å². The first kappa shape index (κ1) is 13.9. The predicted octanol–water partition coefficient (Wildman–Crippen LogP) is 2.30. The fourth-order valence-electron chi connectivity index (χ4n) is 3.69. The second-order valence-electron chi connectivity index (χ2n) is 6.42. The van der Waals surface area contributed by atoms with E-state index in [0.717, 1.165) is 25.2 Å². The summed E-state index contributed by atoms with van der Waals surface area (Å²) in [4.78, 5) is 12.4. The summed E-state index contributed by atoms with van der Waals surface area (Å²) >= 11 is 0. The molecular weight excluding hydrogens is 224 g/mol. The summed E-state index contributed by atoms with van der Waals surface area (Å²) in [6, 6.07) is 0.396. The number of hydrogen-bond acceptors (Lipinski definition) is 2. The third-order valence-corrected chi connectivity index (χ3v) is 5.34. The van der Waals surface area contributed by atoms with E-state index < -0.39 is 0 Å². The lowest BCUT2D eigenvalue weighted by atomic mass is 9.78. The van der Waals surface area contributed by atoms with Gasteiger partial charge in [-0.05, 0) is 50.0 Å². The molecule has 5 unspecified atom stereocenters. The smallest absolute Gasteiger partial charge is 0.223 e. The van der Waals surface area contributed by atoms with E-state index in [4.69, 9.17) is 5.73 Å². The Labute approximate surface area is 111 Å². The van der Waals surface area contributed by atoms with Crippen LogP contribution in [-0.4, -0.2) is 18.5 Å². The van der Waals surface area contributed by atoms with Gasteiger partial charge in [0.15, 0.2) is 0 Å². The number of carbonyl (C=O) groups excluding carboxylic acids is 1. The second kappa shape index (κ2) is 6.05. The molecule has 0 saturated heterocycles. The van der Waals surface area contributed by atoms with Crippen molar-refractivity contribution in [3.8, 4) is 0 Å². The van der Waals surface area contributed by atoms with Crippen molar-refractivity contribution in [3.05, 3.63) is 0 Å². The first-order valence-corrected chi connectivity index (χ1v) is 7.64. The van der Waals surface area contributed by atoms with Gasteiger partial charge in [-0.2, -0.15) is 0 Å². The predicted molar refractivity (Wildman–Crippen MR) is 74.0 cm³/mol. The molecule has 3 heteroatoms. The lowest BCUT2D eigenvalue weighted by Gasteiger charge is -2.31. The van der Waals surface area contributed by atoms with Crippen LogP contribution in [0.5, 0.6) is 0 Å². The number of nitrogens with one attached hydrogen (secondary N) is 1. The molecule has 0 aromatic heterocycles. The van der Waals surface area contributed by atoms with Gasteiger partial charge in [-0.1, -0.05) is 26.7 Å². The normalized spacial score (nSPS) is 40.7. The largest absolute Gasteiger partial charge is 0.353 e. The summed E-state index contributed by atoms with van der Waals surface area (Å²) in [6.07, 6.45) is 6.98. The number of rotatable bonds is 3. The Hall–Kier alpha value is -0.570. The molecule has 3 N–H and O–H groups in total. The van der Waals surface area contributed by atoms with Crippen molar-refractivity contribution in [3.63, 3.8) is 0 Å². The zero-order valence-corrected chi connectivity index (χ0v) is 11.8. The Morgan fingerprint density at radius 3 is 2.50 bits per heavy atom. The minimum absolute atomic E-state index is 0.173. The lowest BCUT2D eigenvalue weighted by molar-refractivity contribution is -0.128. The maximum Gasteiger partial charge on any atom is 0.223 e. The van der Waals surface area contributed by atoms with Gasteiger partial charge in [0.05, 0.1) is 0 Å². The van der Waals surface area contributed by atoms with Crippen LogP contribution >= 0.6 is 0 Å². The van der Waals surface area contributed by atoms with Crippen molar-refractivity contribution < 1.29 is 4.79 Å². The van der Waals surface area contributed by atoms with Crippen molar-refractivity contribution >= 4 is 5.91 Å².